The summed E-state index contributed by atoms with van der Waals surface area (Å²) < 4.78 is 0. The van der Waals surface area contributed by atoms with E-state index in [9.17, 15) is 4.79 Å². The van der Waals surface area contributed by atoms with Crippen LogP contribution in [0.25, 0.3) is 0 Å². The van der Waals surface area contributed by atoms with E-state index in [0.29, 0.717) is 23.0 Å². The van der Waals surface area contributed by atoms with Crippen molar-refractivity contribution in [2.75, 3.05) is 18.4 Å². The molecule has 1 amide bonds. The monoisotopic (exact) mass is 310 g/mol. The van der Waals surface area contributed by atoms with Crippen LogP contribution in [0.15, 0.2) is 18.2 Å². The largest absolute Gasteiger partial charge is 0.384 e. The summed E-state index contributed by atoms with van der Waals surface area (Å²) in [4.78, 5) is 12.4. The summed E-state index contributed by atoms with van der Waals surface area (Å²) in [5, 5.41) is 6.86. The van der Waals surface area contributed by atoms with E-state index in [-0.39, 0.29) is 11.3 Å². The van der Waals surface area contributed by atoms with Gasteiger partial charge in [0.05, 0.1) is 5.56 Å². The van der Waals surface area contributed by atoms with Crippen molar-refractivity contribution in [3.8, 4) is 0 Å². The summed E-state index contributed by atoms with van der Waals surface area (Å²) >= 11 is 6.02. The van der Waals surface area contributed by atoms with Crippen molar-refractivity contribution in [1.29, 1.82) is 0 Å². The van der Waals surface area contributed by atoms with Crippen LogP contribution in [0.1, 0.15) is 51.4 Å². The number of amides is 1. The number of hydrogen-bond acceptors (Lipinski definition) is 2. The molecule has 21 heavy (non-hydrogen) atoms. The van der Waals surface area contributed by atoms with E-state index in [1.165, 1.54) is 0 Å². The molecule has 4 heteroatoms. The maximum absolute atomic E-state index is 12.4. The molecule has 0 fully saturated rings. The van der Waals surface area contributed by atoms with Gasteiger partial charge in [-0.2, -0.15) is 0 Å². The third-order valence-corrected chi connectivity index (χ3v) is 4.07. The zero-order valence-electron chi connectivity index (χ0n) is 13.7. The topological polar surface area (TPSA) is 41.1 Å². The lowest BCUT2D eigenvalue weighted by molar-refractivity contribution is 0.0938. The lowest BCUT2D eigenvalue weighted by atomic mass is 9.82. The maximum Gasteiger partial charge on any atom is 0.253 e. The van der Waals surface area contributed by atoms with Crippen molar-refractivity contribution in [2.45, 2.75) is 41.0 Å². The van der Waals surface area contributed by atoms with E-state index in [1.807, 2.05) is 6.07 Å². The highest BCUT2D eigenvalue weighted by Gasteiger charge is 2.21. The summed E-state index contributed by atoms with van der Waals surface area (Å²) in [5.41, 5.74) is 1.62. The highest BCUT2D eigenvalue weighted by atomic mass is 35.5. The Morgan fingerprint density at radius 3 is 2.57 bits per heavy atom. The zero-order chi connectivity index (χ0) is 16.0. The molecule has 0 saturated carbocycles. The SMILES string of the molecule is CCCNc1ccc(Cl)cc1C(=O)NCC(C)C(C)(C)C. The van der Waals surface area contributed by atoms with Crippen molar-refractivity contribution in [3.63, 3.8) is 0 Å². The Kier molecular flexibility index (Phi) is 6.53. The molecule has 1 atom stereocenters. The minimum atomic E-state index is -0.0767. The number of anilines is 1. The minimum Gasteiger partial charge on any atom is -0.384 e. The standard InChI is InChI=1S/C17H27ClN2O/c1-6-9-19-15-8-7-13(18)10-14(15)16(21)20-11-12(2)17(3,4)5/h7-8,10,12,19H,6,9,11H2,1-5H3,(H,20,21). The molecule has 0 saturated heterocycles. The first kappa shape index (κ1) is 17.8. The van der Waals surface area contributed by atoms with Crippen molar-refractivity contribution in [3.05, 3.63) is 28.8 Å². The van der Waals surface area contributed by atoms with Crippen LogP contribution in [-0.2, 0) is 0 Å². The van der Waals surface area contributed by atoms with Crippen LogP contribution in [0.4, 0.5) is 5.69 Å². The van der Waals surface area contributed by atoms with Crippen LogP contribution in [-0.4, -0.2) is 19.0 Å². The Labute approximate surface area is 133 Å². The fraction of sp³-hybridized carbons (Fsp3) is 0.588. The molecule has 0 aliphatic rings. The Balaban J connectivity index is 2.79. The van der Waals surface area contributed by atoms with Gasteiger partial charge >= 0.3 is 0 Å². The molecule has 1 unspecified atom stereocenters. The van der Waals surface area contributed by atoms with Gasteiger partial charge in [-0.15, -0.1) is 0 Å². The molecule has 3 nitrogen and oxygen atoms in total. The Hall–Kier alpha value is -1.22. The summed E-state index contributed by atoms with van der Waals surface area (Å²) in [6.45, 7) is 12.3. The van der Waals surface area contributed by atoms with Crippen LogP contribution in [0.3, 0.4) is 0 Å². The first-order chi connectivity index (χ1) is 9.75. The van der Waals surface area contributed by atoms with Gasteiger partial charge in [0.25, 0.3) is 5.91 Å². The molecule has 0 aliphatic heterocycles. The average Bonchev–Trinajstić information content (AvgIpc) is 2.41. The van der Waals surface area contributed by atoms with Gasteiger partial charge in [0.15, 0.2) is 0 Å². The molecule has 118 valence electrons. The van der Waals surface area contributed by atoms with Crippen LogP contribution in [0.2, 0.25) is 5.02 Å². The second kappa shape index (κ2) is 7.69. The van der Waals surface area contributed by atoms with Crippen molar-refractivity contribution in [2.24, 2.45) is 11.3 Å². The summed E-state index contributed by atoms with van der Waals surface area (Å²) in [6, 6.07) is 5.38. The summed E-state index contributed by atoms with van der Waals surface area (Å²) in [5.74, 6) is 0.319. The fourth-order valence-electron chi connectivity index (χ4n) is 1.77. The number of carbonyl (C=O) groups is 1. The van der Waals surface area contributed by atoms with E-state index in [0.717, 1.165) is 18.7 Å². The molecule has 0 aliphatic carbocycles. The lowest BCUT2D eigenvalue weighted by Crippen LogP contribution is -2.34. The third-order valence-electron chi connectivity index (χ3n) is 3.84. The molecule has 0 bridgehead atoms. The normalized spacial score (nSPS) is 12.9. The van der Waals surface area contributed by atoms with Gasteiger partial charge in [0.1, 0.15) is 0 Å². The zero-order valence-corrected chi connectivity index (χ0v) is 14.5. The predicted molar refractivity (Wildman–Crippen MR) is 91.2 cm³/mol. The Morgan fingerprint density at radius 2 is 2.00 bits per heavy atom. The second-order valence-corrected chi connectivity index (χ2v) is 7.03. The fourth-order valence-corrected chi connectivity index (χ4v) is 1.94. The predicted octanol–water partition coefficient (Wildman–Crippen LogP) is 4.57. The van der Waals surface area contributed by atoms with Crippen LogP contribution in [0, 0.1) is 11.3 Å². The van der Waals surface area contributed by atoms with E-state index < -0.39 is 0 Å². The summed E-state index contributed by atoms with van der Waals surface area (Å²) in [6.07, 6.45) is 1.00. The van der Waals surface area contributed by atoms with Gasteiger partial charge < -0.3 is 10.6 Å². The Morgan fingerprint density at radius 1 is 1.33 bits per heavy atom. The van der Waals surface area contributed by atoms with E-state index in [2.05, 4.69) is 45.3 Å². The van der Waals surface area contributed by atoms with Gasteiger partial charge in [-0.05, 0) is 36.0 Å². The van der Waals surface area contributed by atoms with Crippen molar-refractivity contribution < 1.29 is 4.79 Å². The first-order valence-corrected chi connectivity index (χ1v) is 7.95. The average molecular weight is 311 g/mol. The van der Waals surface area contributed by atoms with Crippen molar-refractivity contribution >= 4 is 23.2 Å². The third kappa shape index (κ3) is 5.58. The molecule has 0 spiro atoms. The highest BCUT2D eigenvalue weighted by Crippen LogP contribution is 2.25. The number of rotatable bonds is 6. The molecule has 2 N–H and O–H groups in total. The van der Waals surface area contributed by atoms with E-state index in [4.69, 9.17) is 11.6 Å². The minimum absolute atomic E-state index is 0.0767. The quantitative estimate of drug-likeness (QED) is 0.808. The number of hydrogen-bond donors (Lipinski definition) is 2. The lowest BCUT2D eigenvalue weighted by Gasteiger charge is -2.27. The number of carbonyl (C=O) groups excluding carboxylic acids is 1. The molecule has 0 radical (unpaired) electrons. The molecule has 1 aromatic rings. The maximum atomic E-state index is 12.4. The second-order valence-electron chi connectivity index (χ2n) is 6.59. The Bertz CT molecular complexity index is 480. The number of nitrogens with one attached hydrogen (secondary N) is 2. The van der Waals surface area contributed by atoms with Crippen LogP contribution in [0.5, 0.6) is 0 Å². The highest BCUT2D eigenvalue weighted by molar-refractivity contribution is 6.31. The van der Waals surface area contributed by atoms with Crippen LogP contribution < -0.4 is 10.6 Å². The molecular formula is C17H27ClN2O. The van der Waals surface area contributed by atoms with Gasteiger partial charge in [0, 0.05) is 23.8 Å². The van der Waals surface area contributed by atoms with Gasteiger partial charge in [-0.1, -0.05) is 46.2 Å². The number of benzene rings is 1. The van der Waals surface area contributed by atoms with E-state index in [1.54, 1.807) is 12.1 Å². The molecule has 0 aromatic heterocycles. The molecule has 0 heterocycles. The molecular weight excluding hydrogens is 284 g/mol. The van der Waals surface area contributed by atoms with Crippen LogP contribution >= 0.6 is 11.6 Å². The van der Waals surface area contributed by atoms with Crippen molar-refractivity contribution in [1.82, 2.24) is 5.32 Å². The van der Waals surface area contributed by atoms with Gasteiger partial charge in [-0.25, -0.2) is 0 Å². The van der Waals surface area contributed by atoms with Gasteiger partial charge in [0.2, 0.25) is 0 Å². The summed E-state index contributed by atoms with van der Waals surface area (Å²) in [7, 11) is 0. The first-order valence-electron chi connectivity index (χ1n) is 7.57. The molecule has 1 rings (SSSR count). The number of halogens is 1. The smallest absolute Gasteiger partial charge is 0.253 e. The van der Waals surface area contributed by atoms with E-state index >= 15 is 0 Å². The molecule has 1 aromatic carbocycles. The van der Waals surface area contributed by atoms with Gasteiger partial charge in [-0.3, -0.25) is 4.79 Å².